The van der Waals surface area contributed by atoms with Crippen molar-refractivity contribution in [2.24, 2.45) is 0 Å². The summed E-state index contributed by atoms with van der Waals surface area (Å²) in [5, 5.41) is 16.0. The van der Waals surface area contributed by atoms with E-state index in [1.165, 1.54) is 0 Å². The number of nitriles is 1. The summed E-state index contributed by atoms with van der Waals surface area (Å²) in [5.41, 5.74) is 3.44. The first-order valence-electron chi connectivity index (χ1n) is 11.4. The van der Waals surface area contributed by atoms with Crippen LogP contribution in [0.5, 0.6) is 0 Å². The number of fused-ring (bicyclic) bond motifs is 10. The van der Waals surface area contributed by atoms with Crippen molar-refractivity contribution in [3.8, 4) is 6.07 Å². The number of hydrogen-bond acceptors (Lipinski definition) is 2. The van der Waals surface area contributed by atoms with Crippen LogP contribution in [0.15, 0.2) is 72.8 Å². The smallest absolute Gasteiger partial charge is 0.202 e. The average molecular weight is 468 g/mol. The van der Waals surface area contributed by atoms with E-state index in [9.17, 15) is 5.26 Å². The molecular weight excluding hydrogens is 456 g/mol. The fourth-order valence-corrected chi connectivity index (χ4v) is 5.42. The highest BCUT2D eigenvalue weighted by molar-refractivity contribution is 6.22. The molecule has 0 atom stereocenters. The van der Waals surface area contributed by atoms with Gasteiger partial charge in [0.15, 0.2) is 5.69 Å². The van der Waals surface area contributed by atoms with Gasteiger partial charge in [0.2, 0.25) is 11.4 Å². The van der Waals surface area contributed by atoms with Crippen LogP contribution in [0.3, 0.4) is 0 Å². The quantitative estimate of drug-likeness (QED) is 0.127. The molecule has 0 radical (unpaired) electrons. The predicted octanol–water partition coefficient (Wildman–Crippen LogP) is 8.62. The molecular formula is C31H12N6. The van der Waals surface area contributed by atoms with E-state index in [4.69, 9.17) is 24.7 Å². The summed E-state index contributed by atoms with van der Waals surface area (Å²) in [7, 11) is 0. The molecule has 0 aliphatic carbocycles. The van der Waals surface area contributed by atoms with E-state index < -0.39 is 0 Å². The molecule has 0 N–H and O–H groups in total. The maximum absolute atomic E-state index is 10.0. The van der Waals surface area contributed by atoms with Crippen molar-refractivity contribution in [2.45, 2.75) is 0 Å². The molecule has 0 bridgehead atoms. The van der Waals surface area contributed by atoms with Crippen LogP contribution in [0.2, 0.25) is 0 Å². The van der Waals surface area contributed by atoms with Gasteiger partial charge in [-0.2, -0.15) is 5.26 Å². The van der Waals surface area contributed by atoms with Crippen LogP contribution in [0.4, 0.5) is 17.1 Å². The molecule has 0 saturated heterocycles. The zero-order valence-electron chi connectivity index (χ0n) is 19.1. The molecule has 5 aromatic carbocycles. The minimum atomic E-state index is -0.0751. The Balaban J connectivity index is 1.86. The van der Waals surface area contributed by atoms with Crippen molar-refractivity contribution in [3.63, 3.8) is 0 Å². The van der Waals surface area contributed by atoms with E-state index in [0.717, 1.165) is 49.1 Å². The Morgan fingerprint density at radius 1 is 0.649 bits per heavy atom. The topological polar surface area (TPSA) is 54.2 Å². The van der Waals surface area contributed by atoms with E-state index >= 15 is 0 Å². The summed E-state index contributed by atoms with van der Waals surface area (Å²) < 4.78 is 2.08. The van der Waals surface area contributed by atoms with Gasteiger partial charge in [0.25, 0.3) is 0 Å². The second-order valence-electron chi connectivity index (χ2n) is 8.79. The van der Waals surface area contributed by atoms with Crippen LogP contribution in [-0.2, 0) is 0 Å². The lowest BCUT2D eigenvalue weighted by Gasteiger charge is -2.14. The van der Waals surface area contributed by atoms with Gasteiger partial charge in [0, 0.05) is 10.8 Å². The summed E-state index contributed by atoms with van der Waals surface area (Å²) in [6.45, 7) is 23.2. The highest BCUT2D eigenvalue weighted by Crippen LogP contribution is 2.49. The van der Waals surface area contributed by atoms with E-state index in [1.54, 1.807) is 0 Å². The lowest BCUT2D eigenvalue weighted by Crippen LogP contribution is -1.94. The van der Waals surface area contributed by atoms with Gasteiger partial charge in [-0.3, -0.25) is 18.9 Å². The second kappa shape index (κ2) is 7.27. The third-order valence-electron chi connectivity index (χ3n) is 7.01. The van der Waals surface area contributed by atoms with Crippen LogP contribution in [-0.4, -0.2) is 9.38 Å². The van der Waals surface area contributed by atoms with Crippen LogP contribution < -0.4 is 0 Å². The number of rotatable bonds is 0. The van der Waals surface area contributed by atoms with E-state index in [2.05, 4.69) is 49.3 Å². The average Bonchev–Trinajstić information content (AvgIpc) is 3.34. The summed E-state index contributed by atoms with van der Waals surface area (Å²) >= 11 is 0. The maximum Gasteiger partial charge on any atom is 0.202 e. The van der Waals surface area contributed by atoms with E-state index in [1.807, 2.05) is 48.5 Å². The molecule has 7 rings (SSSR count). The molecule has 0 fully saturated rings. The first-order chi connectivity index (χ1) is 18.2. The lowest BCUT2D eigenvalue weighted by atomic mass is 9.95. The van der Waals surface area contributed by atoms with Crippen molar-refractivity contribution >= 4 is 77.0 Å². The van der Waals surface area contributed by atoms with Crippen molar-refractivity contribution in [3.05, 3.63) is 113 Å². The largest absolute Gasteiger partial charge is 0.292 e. The molecule has 37 heavy (non-hydrogen) atoms. The SMILES string of the molecule is [C-]#[N+]c1c([N+]#[C-])c([N+]#[C-])c2cc3c4cc5ccccc5cc4c4nc5ccccc5n4c3cc2c1C#N. The second-order valence-corrected chi connectivity index (χ2v) is 8.79. The molecule has 2 aromatic heterocycles. The van der Waals surface area contributed by atoms with Crippen LogP contribution in [0, 0.1) is 31.0 Å². The van der Waals surface area contributed by atoms with Gasteiger partial charge < -0.3 is 0 Å². The Kier molecular flexibility index (Phi) is 4.01. The molecule has 0 spiro atoms. The van der Waals surface area contributed by atoms with Crippen LogP contribution >= 0.6 is 0 Å². The number of aromatic nitrogens is 2. The third kappa shape index (κ3) is 2.56. The number of benzene rings is 5. The van der Waals surface area contributed by atoms with Gasteiger partial charge in [0.1, 0.15) is 5.65 Å². The number of para-hydroxylation sites is 2. The minimum Gasteiger partial charge on any atom is -0.292 e. The summed E-state index contributed by atoms with van der Waals surface area (Å²) in [6, 6.07) is 26.2. The molecule has 0 aliphatic rings. The zero-order valence-corrected chi connectivity index (χ0v) is 19.1. The molecule has 6 nitrogen and oxygen atoms in total. The Hall–Kier alpha value is -5.95. The highest BCUT2D eigenvalue weighted by atomic mass is 15.0. The minimum absolute atomic E-state index is 0.0719. The monoisotopic (exact) mass is 468 g/mol. The maximum atomic E-state index is 10.0. The molecule has 0 aliphatic heterocycles. The van der Waals surface area contributed by atoms with Crippen molar-refractivity contribution in [2.75, 3.05) is 0 Å². The molecule has 7 aromatic rings. The number of imidazole rings is 1. The van der Waals surface area contributed by atoms with Crippen LogP contribution in [0.1, 0.15) is 5.56 Å². The third-order valence-corrected chi connectivity index (χ3v) is 7.01. The van der Waals surface area contributed by atoms with Gasteiger partial charge >= 0.3 is 0 Å². The molecule has 0 saturated carbocycles. The first-order valence-corrected chi connectivity index (χ1v) is 11.4. The van der Waals surface area contributed by atoms with Crippen molar-refractivity contribution < 1.29 is 0 Å². The number of nitrogens with zero attached hydrogens (tertiary/aromatic N) is 6. The Morgan fingerprint density at radius 3 is 2.03 bits per heavy atom. The highest BCUT2D eigenvalue weighted by Gasteiger charge is 2.23. The van der Waals surface area contributed by atoms with Gasteiger partial charge in [0.05, 0.1) is 47.9 Å². The van der Waals surface area contributed by atoms with Crippen molar-refractivity contribution in [1.29, 1.82) is 5.26 Å². The molecule has 6 heteroatoms. The summed E-state index contributed by atoms with van der Waals surface area (Å²) in [6.07, 6.45) is 0. The summed E-state index contributed by atoms with van der Waals surface area (Å²) in [4.78, 5) is 15.6. The molecule has 166 valence electrons. The Morgan fingerprint density at radius 2 is 1.32 bits per heavy atom. The molecule has 0 unspecified atom stereocenters. The Labute approximate surface area is 210 Å². The van der Waals surface area contributed by atoms with Crippen molar-refractivity contribution in [1.82, 2.24) is 9.38 Å². The molecule has 0 amide bonds. The normalized spacial score (nSPS) is 11.1. The predicted molar refractivity (Wildman–Crippen MR) is 146 cm³/mol. The number of hydrogen-bond donors (Lipinski definition) is 0. The van der Waals surface area contributed by atoms with Gasteiger partial charge in [-0.05, 0) is 57.3 Å². The van der Waals surface area contributed by atoms with Crippen LogP contribution in [0.25, 0.3) is 74.4 Å². The van der Waals surface area contributed by atoms with E-state index in [-0.39, 0.29) is 22.6 Å². The zero-order chi connectivity index (χ0) is 25.3. The molecule has 2 heterocycles. The van der Waals surface area contributed by atoms with E-state index in [0.29, 0.717) is 10.8 Å². The number of pyridine rings is 1. The Bertz CT molecular complexity index is 2350. The fourth-order valence-electron chi connectivity index (χ4n) is 5.42. The summed E-state index contributed by atoms with van der Waals surface area (Å²) in [5.74, 6) is 0. The standard InChI is InChI=1S/C31H12N6/c1-33-28-22-14-21-19-12-17-8-4-5-9-18(17)13-23(19)31-36-25-10-6-7-11-26(25)37(31)27(21)15-20(22)24(16-32)29(34-2)30(28)35-3/h4-15H. The van der Waals surface area contributed by atoms with Gasteiger partial charge in [-0.1, -0.05) is 42.5 Å². The first kappa shape index (κ1) is 20.4. The lowest BCUT2D eigenvalue weighted by molar-refractivity contribution is 1.32. The fraction of sp³-hybridized carbons (Fsp3) is 0. The van der Waals surface area contributed by atoms with Gasteiger partial charge in [-0.25, -0.2) is 4.98 Å². The van der Waals surface area contributed by atoms with Gasteiger partial charge in [-0.15, -0.1) is 0 Å².